The summed E-state index contributed by atoms with van der Waals surface area (Å²) in [6, 6.07) is 7.03. The number of aliphatic hydroxyl groups is 1. The summed E-state index contributed by atoms with van der Waals surface area (Å²) in [5, 5.41) is 22.3. The Morgan fingerprint density at radius 2 is 2.13 bits per heavy atom. The topological polar surface area (TPSA) is 52.5 Å². The third kappa shape index (κ3) is 2.84. The van der Waals surface area contributed by atoms with Crippen LogP contribution in [0, 0.1) is 0 Å². The Labute approximate surface area is 95.5 Å². The largest absolute Gasteiger partial charge is 0.508 e. The lowest BCUT2D eigenvalue weighted by Crippen LogP contribution is -2.37. The Morgan fingerprint density at radius 3 is 2.80 bits per heavy atom. The first-order chi connectivity index (χ1) is 6.77. The third-order valence-electron chi connectivity index (χ3n) is 2.66. The molecule has 1 saturated heterocycles. The second-order valence-electron chi connectivity index (χ2n) is 3.74. The third-order valence-corrected chi connectivity index (χ3v) is 2.66. The van der Waals surface area contributed by atoms with Crippen LogP contribution in [0.5, 0.6) is 5.75 Å². The fourth-order valence-corrected chi connectivity index (χ4v) is 1.93. The first-order valence-corrected chi connectivity index (χ1v) is 4.98. The summed E-state index contributed by atoms with van der Waals surface area (Å²) < 4.78 is 0. The van der Waals surface area contributed by atoms with E-state index in [2.05, 4.69) is 5.32 Å². The summed E-state index contributed by atoms with van der Waals surface area (Å²) in [6.45, 7) is 0.928. The van der Waals surface area contributed by atoms with Gasteiger partial charge in [-0.25, -0.2) is 0 Å². The Balaban J connectivity index is 0.00000112. The molecule has 1 aliphatic rings. The van der Waals surface area contributed by atoms with E-state index in [-0.39, 0.29) is 30.3 Å². The number of nitrogens with one attached hydrogen (secondary N) is 1. The van der Waals surface area contributed by atoms with Crippen LogP contribution >= 0.6 is 12.4 Å². The molecule has 3 N–H and O–H groups in total. The van der Waals surface area contributed by atoms with Crippen LogP contribution in [0.25, 0.3) is 0 Å². The molecule has 0 bridgehead atoms. The number of phenols is 1. The lowest BCUT2D eigenvalue weighted by molar-refractivity contribution is 0.0964. The molecule has 3 nitrogen and oxygen atoms in total. The number of aliphatic hydroxyl groups excluding tert-OH is 1. The number of benzene rings is 1. The molecule has 1 aromatic rings. The summed E-state index contributed by atoms with van der Waals surface area (Å²) in [5.41, 5.74) is 0.956. The fourth-order valence-electron chi connectivity index (χ4n) is 1.93. The van der Waals surface area contributed by atoms with Crippen molar-refractivity contribution in [3.63, 3.8) is 0 Å². The van der Waals surface area contributed by atoms with Crippen LogP contribution in [0.4, 0.5) is 0 Å². The van der Waals surface area contributed by atoms with Gasteiger partial charge in [0.15, 0.2) is 0 Å². The highest BCUT2D eigenvalue weighted by atomic mass is 35.5. The zero-order chi connectivity index (χ0) is 9.97. The van der Waals surface area contributed by atoms with Crippen molar-refractivity contribution >= 4 is 12.4 Å². The monoisotopic (exact) mass is 229 g/mol. The average Bonchev–Trinajstić information content (AvgIpc) is 2.18. The van der Waals surface area contributed by atoms with Crippen LogP contribution in [-0.2, 0) is 0 Å². The van der Waals surface area contributed by atoms with Gasteiger partial charge in [0.25, 0.3) is 0 Å². The number of hydrogen-bond acceptors (Lipinski definition) is 3. The van der Waals surface area contributed by atoms with Gasteiger partial charge in [0.1, 0.15) is 5.75 Å². The van der Waals surface area contributed by atoms with E-state index in [0.29, 0.717) is 0 Å². The Kier molecular flexibility index (Phi) is 4.39. The van der Waals surface area contributed by atoms with Crippen LogP contribution in [0.2, 0.25) is 0 Å². The molecule has 1 fully saturated rings. The van der Waals surface area contributed by atoms with Crippen molar-refractivity contribution in [3.05, 3.63) is 29.8 Å². The molecule has 0 saturated carbocycles. The van der Waals surface area contributed by atoms with Crippen molar-refractivity contribution in [2.75, 3.05) is 6.54 Å². The van der Waals surface area contributed by atoms with Gasteiger partial charge in [-0.15, -0.1) is 12.4 Å². The van der Waals surface area contributed by atoms with Crippen molar-refractivity contribution in [3.8, 4) is 5.75 Å². The van der Waals surface area contributed by atoms with Crippen molar-refractivity contribution in [1.29, 1.82) is 0 Å². The van der Waals surface area contributed by atoms with Gasteiger partial charge in [0.05, 0.1) is 12.1 Å². The summed E-state index contributed by atoms with van der Waals surface area (Å²) in [6.07, 6.45) is 1.50. The summed E-state index contributed by atoms with van der Waals surface area (Å²) in [7, 11) is 0. The van der Waals surface area contributed by atoms with Gasteiger partial charge in [-0.3, -0.25) is 0 Å². The van der Waals surface area contributed by atoms with E-state index < -0.39 is 0 Å². The van der Waals surface area contributed by atoms with Gasteiger partial charge in [0.2, 0.25) is 0 Å². The molecule has 1 heterocycles. The molecule has 2 atom stereocenters. The molecule has 4 heteroatoms. The quantitative estimate of drug-likeness (QED) is 0.686. The molecule has 2 rings (SSSR count). The molecule has 15 heavy (non-hydrogen) atoms. The average molecular weight is 230 g/mol. The predicted molar refractivity (Wildman–Crippen MR) is 61.3 cm³/mol. The van der Waals surface area contributed by atoms with E-state index >= 15 is 0 Å². The van der Waals surface area contributed by atoms with E-state index in [1.54, 1.807) is 18.2 Å². The lowest BCUT2D eigenvalue weighted by Gasteiger charge is -2.29. The maximum Gasteiger partial charge on any atom is 0.115 e. The standard InChI is InChI=1S/C11H15NO2.ClH/c13-9-4-1-3-8(7-9)11-10(14)5-2-6-12-11;/h1,3-4,7,10-14H,2,5-6H2;1H. The molecule has 84 valence electrons. The van der Waals surface area contributed by atoms with Gasteiger partial charge < -0.3 is 15.5 Å². The molecule has 0 amide bonds. The maximum atomic E-state index is 9.77. The molecule has 2 unspecified atom stereocenters. The van der Waals surface area contributed by atoms with Gasteiger partial charge in [-0.2, -0.15) is 0 Å². The second kappa shape index (κ2) is 5.35. The van der Waals surface area contributed by atoms with E-state index in [0.717, 1.165) is 24.9 Å². The number of piperidine rings is 1. The minimum absolute atomic E-state index is 0. The normalized spacial score (nSPS) is 25.7. The highest BCUT2D eigenvalue weighted by Crippen LogP contribution is 2.25. The molecule has 1 aliphatic heterocycles. The van der Waals surface area contributed by atoms with Crippen LogP contribution in [0.1, 0.15) is 24.4 Å². The summed E-state index contributed by atoms with van der Waals surface area (Å²) >= 11 is 0. The number of phenolic OH excluding ortho intramolecular Hbond substituents is 1. The maximum absolute atomic E-state index is 9.77. The van der Waals surface area contributed by atoms with E-state index in [1.807, 2.05) is 6.07 Å². The number of rotatable bonds is 1. The van der Waals surface area contributed by atoms with Crippen LogP contribution in [-0.4, -0.2) is 22.9 Å². The van der Waals surface area contributed by atoms with Crippen LogP contribution < -0.4 is 5.32 Å². The molecule has 1 aromatic carbocycles. The zero-order valence-corrected chi connectivity index (χ0v) is 9.20. The van der Waals surface area contributed by atoms with Crippen LogP contribution in [0.15, 0.2) is 24.3 Å². The number of halogens is 1. The van der Waals surface area contributed by atoms with Gasteiger partial charge in [-0.1, -0.05) is 12.1 Å². The molecular formula is C11H16ClNO2. The number of aromatic hydroxyl groups is 1. The smallest absolute Gasteiger partial charge is 0.115 e. The van der Waals surface area contributed by atoms with Crippen molar-refractivity contribution in [1.82, 2.24) is 5.32 Å². The number of hydrogen-bond donors (Lipinski definition) is 3. The van der Waals surface area contributed by atoms with E-state index in [4.69, 9.17) is 0 Å². The van der Waals surface area contributed by atoms with Gasteiger partial charge in [-0.05, 0) is 37.1 Å². The first kappa shape index (κ1) is 12.3. The lowest BCUT2D eigenvalue weighted by atomic mass is 9.95. The fraction of sp³-hybridized carbons (Fsp3) is 0.455. The zero-order valence-electron chi connectivity index (χ0n) is 8.39. The Morgan fingerprint density at radius 1 is 1.33 bits per heavy atom. The summed E-state index contributed by atoms with van der Waals surface area (Å²) in [5.74, 6) is 0.252. The van der Waals surface area contributed by atoms with E-state index in [9.17, 15) is 10.2 Å². The van der Waals surface area contributed by atoms with Gasteiger partial charge >= 0.3 is 0 Å². The minimum atomic E-state index is -0.342. The SMILES string of the molecule is Cl.Oc1cccc(C2NCCCC2O)c1. The highest BCUT2D eigenvalue weighted by molar-refractivity contribution is 5.85. The Hall–Kier alpha value is -0.770. The predicted octanol–water partition coefficient (Wildman–Crippen LogP) is 1.60. The molecule has 0 aromatic heterocycles. The molecule has 0 aliphatic carbocycles. The first-order valence-electron chi connectivity index (χ1n) is 4.98. The summed E-state index contributed by atoms with van der Waals surface area (Å²) in [4.78, 5) is 0. The van der Waals surface area contributed by atoms with Crippen molar-refractivity contribution in [2.45, 2.75) is 25.0 Å². The highest BCUT2D eigenvalue weighted by Gasteiger charge is 2.23. The van der Waals surface area contributed by atoms with Crippen molar-refractivity contribution in [2.24, 2.45) is 0 Å². The van der Waals surface area contributed by atoms with Crippen LogP contribution in [0.3, 0.4) is 0 Å². The second-order valence-corrected chi connectivity index (χ2v) is 3.74. The Bertz CT molecular complexity index is 319. The molecule has 0 radical (unpaired) electrons. The minimum Gasteiger partial charge on any atom is -0.508 e. The molecular weight excluding hydrogens is 214 g/mol. The van der Waals surface area contributed by atoms with E-state index in [1.165, 1.54) is 0 Å². The van der Waals surface area contributed by atoms with Gasteiger partial charge in [0, 0.05) is 0 Å². The molecule has 0 spiro atoms. The van der Waals surface area contributed by atoms with Crippen molar-refractivity contribution < 1.29 is 10.2 Å².